The van der Waals surface area contributed by atoms with Gasteiger partial charge in [0.2, 0.25) is 5.91 Å². The monoisotopic (exact) mass is 295 g/mol. The summed E-state index contributed by atoms with van der Waals surface area (Å²) in [5, 5.41) is 5.34. The van der Waals surface area contributed by atoms with E-state index >= 15 is 0 Å². The van der Waals surface area contributed by atoms with Crippen LogP contribution >= 0.6 is 11.3 Å². The predicted molar refractivity (Wildman–Crippen MR) is 76.9 cm³/mol. The van der Waals surface area contributed by atoms with Crippen molar-refractivity contribution in [1.82, 2.24) is 5.32 Å². The number of carbonyl (C=O) groups excluding carboxylic acids is 3. The van der Waals surface area contributed by atoms with Crippen LogP contribution in [0.25, 0.3) is 0 Å². The molecule has 2 rings (SSSR count). The van der Waals surface area contributed by atoms with Gasteiger partial charge in [-0.15, -0.1) is 11.3 Å². The van der Waals surface area contributed by atoms with Crippen LogP contribution in [0.4, 0.5) is 9.80 Å². The number of carbonyl (C=O) groups is 3. The predicted octanol–water partition coefficient (Wildman–Crippen LogP) is 1.64. The summed E-state index contributed by atoms with van der Waals surface area (Å²) >= 11 is 1.40. The molecule has 0 aliphatic heterocycles. The Kier molecular flexibility index (Phi) is 4.08. The van der Waals surface area contributed by atoms with Crippen molar-refractivity contribution >= 4 is 34.2 Å². The topological polar surface area (TPSA) is 101 Å². The van der Waals surface area contributed by atoms with Crippen LogP contribution in [0, 0.1) is 5.92 Å². The first-order valence-electron chi connectivity index (χ1n) is 6.46. The Hall–Kier alpha value is -1.89. The van der Waals surface area contributed by atoms with E-state index in [1.807, 2.05) is 0 Å². The van der Waals surface area contributed by atoms with E-state index in [-0.39, 0.29) is 11.8 Å². The lowest BCUT2D eigenvalue weighted by Gasteiger charge is -2.09. The lowest BCUT2D eigenvalue weighted by atomic mass is 10.1. The van der Waals surface area contributed by atoms with Crippen LogP contribution in [0.2, 0.25) is 0 Å². The first-order chi connectivity index (χ1) is 9.40. The molecule has 1 aliphatic rings. The largest absolute Gasteiger partial charge is 0.351 e. The van der Waals surface area contributed by atoms with Crippen molar-refractivity contribution in [3.8, 4) is 0 Å². The van der Waals surface area contributed by atoms with E-state index < -0.39 is 11.9 Å². The Labute approximate surface area is 120 Å². The molecule has 20 heavy (non-hydrogen) atoms. The SMILES string of the molecule is CC(C)C(=O)Nc1sc2c(c1C(=O)NC(N)=O)CCC2. The van der Waals surface area contributed by atoms with E-state index in [1.54, 1.807) is 13.8 Å². The number of rotatable bonds is 3. The number of anilines is 1. The summed E-state index contributed by atoms with van der Waals surface area (Å²) in [5.74, 6) is -0.881. The van der Waals surface area contributed by atoms with Crippen molar-refractivity contribution in [2.24, 2.45) is 11.7 Å². The second kappa shape index (κ2) is 5.62. The van der Waals surface area contributed by atoms with E-state index in [1.165, 1.54) is 11.3 Å². The van der Waals surface area contributed by atoms with Crippen LogP contribution in [0.1, 0.15) is 41.1 Å². The second-order valence-corrected chi connectivity index (χ2v) is 6.13. The van der Waals surface area contributed by atoms with Gasteiger partial charge in [-0.05, 0) is 24.8 Å². The van der Waals surface area contributed by atoms with Gasteiger partial charge < -0.3 is 11.1 Å². The number of aryl methyl sites for hydroxylation is 1. The number of urea groups is 1. The number of hydrogen-bond acceptors (Lipinski definition) is 4. The molecule has 0 spiro atoms. The molecule has 108 valence electrons. The number of primary amides is 1. The number of hydrogen-bond donors (Lipinski definition) is 3. The van der Waals surface area contributed by atoms with Crippen LogP contribution in [0.15, 0.2) is 0 Å². The van der Waals surface area contributed by atoms with Crippen LogP contribution in [0.3, 0.4) is 0 Å². The van der Waals surface area contributed by atoms with Crippen molar-refractivity contribution in [2.75, 3.05) is 5.32 Å². The number of fused-ring (bicyclic) bond motifs is 1. The van der Waals surface area contributed by atoms with Crippen molar-refractivity contribution < 1.29 is 14.4 Å². The zero-order valence-electron chi connectivity index (χ0n) is 11.4. The summed E-state index contributed by atoms with van der Waals surface area (Å²) in [6.45, 7) is 3.56. The highest BCUT2D eigenvalue weighted by atomic mass is 32.1. The van der Waals surface area contributed by atoms with Gasteiger partial charge in [0.25, 0.3) is 5.91 Å². The Morgan fingerprint density at radius 1 is 1.25 bits per heavy atom. The van der Waals surface area contributed by atoms with Crippen molar-refractivity contribution in [3.63, 3.8) is 0 Å². The van der Waals surface area contributed by atoms with Gasteiger partial charge in [-0.1, -0.05) is 13.8 Å². The summed E-state index contributed by atoms with van der Waals surface area (Å²) in [5.41, 5.74) is 6.30. The Bertz CT molecular complexity index is 578. The first-order valence-corrected chi connectivity index (χ1v) is 7.28. The molecule has 1 aromatic rings. The average molecular weight is 295 g/mol. The molecule has 0 atom stereocenters. The van der Waals surface area contributed by atoms with Crippen LogP contribution in [-0.2, 0) is 17.6 Å². The molecular weight excluding hydrogens is 278 g/mol. The Morgan fingerprint density at radius 3 is 2.55 bits per heavy atom. The fourth-order valence-electron chi connectivity index (χ4n) is 2.16. The quantitative estimate of drug-likeness (QED) is 0.790. The zero-order chi connectivity index (χ0) is 14.9. The minimum absolute atomic E-state index is 0.155. The molecule has 4 amide bonds. The Morgan fingerprint density at radius 2 is 1.95 bits per heavy atom. The van der Waals surface area contributed by atoms with Crippen LogP contribution in [0.5, 0.6) is 0 Å². The number of imide groups is 1. The molecular formula is C13H17N3O3S. The fourth-order valence-corrected chi connectivity index (χ4v) is 3.45. The number of thiophene rings is 1. The smallest absolute Gasteiger partial charge is 0.319 e. The van der Waals surface area contributed by atoms with E-state index in [9.17, 15) is 14.4 Å². The molecule has 1 heterocycles. The Balaban J connectivity index is 2.34. The molecule has 0 fully saturated rings. The summed E-state index contributed by atoms with van der Waals surface area (Å²) in [7, 11) is 0. The molecule has 0 saturated heterocycles. The first kappa shape index (κ1) is 14.5. The molecule has 6 nitrogen and oxygen atoms in total. The van der Waals surface area contributed by atoms with Gasteiger partial charge in [-0.25, -0.2) is 4.79 Å². The van der Waals surface area contributed by atoms with E-state index in [0.29, 0.717) is 10.6 Å². The molecule has 0 radical (unpaired) electrons. The zero-order valence-corrected chi connectivity index (χ0v) is 12.2. The maximum Gasteiger partial charge on any atom is 0.319 e. The van der Waals surface area contributed by atoms with Gasteiger partial charge in [0.15, 0.2) is 0 Å². The van der Waals surface area contributed by atoms with Gasteiger partial charge >= 0.3 is 6.03 Å². The minimum Gasteiger partial charge on any atom is -0.351 e. The third-order valence-electron chi connectivity index (χ3n) is 3.15. The van der Waals surface area contributed by atoms with E-state index in [0.717, 1.165) is 29.7 Å². The lowest BCUT2D eigenvalue weighted by molar-refractivity contribution is -0.118. The molecule has 1 aliphatic carbocycles. The number of nitrogens with one attached hydrogen (secondary N) is 2. The number of nitrogens with two attached hydrogens (primary N) is 1. The summed E-state index contributed by atoms with van der Waals surface area (Å²) in [6.07, 6.45) is 2.66. The highest BCUT2D eigenvalue weighted by Crippen LogP contribution is 2.39. The highest BCUT2D eigenvalue weighted by Gasteiger charge is 2.28. The molecule has 0 aromatic carbocycles. The third kappa shape index (κ3) is 2.82. The third-order valence-corrected chi connectivity index (χ3v) is 4.35. The normalized spacial score (nSPS) is 13.2. The van der Waals surface area contributed by atoms with Gasteiger partial charge in [-0.3, -0.25) is 14.9 Å². The second-order valence-electron chi connectivity index (χ2n) is 5.02. The molecule has 0 bridgehead atoms. The van der Waals surface area contributed by atoms with E-state index in [2.05, 4.69) is 10.6 Å². The summed E-state index contributed by atoms with van der Waals surface area (Å²) in [4.78, 5) is 35.8. The van der Waals surface area contributed by atoms with Gasteiger partial charge in [-0.2, -0.15) is 0 Å². The summed E-state index contributed by atoms with van der Waals surface area (Å²) in [6, 6.07) is -0.894. The maximum absolute atomic E-state index is 12.1. The molecule has 4 N–H and O–H groups in total. The van der Waals surface area contributed by atoms with Gasteiger partial charge in [0, 0.05) is 10.8 Å². The summed E-state index contributed by atoms with van der Waals surface area (Å²) < 4.78 is 0. The van der Waals surface area contributed by atoms with Crippen molar-refractivity contribution in [1.29, 1.82) is 0 Å². The average Bonchev–Trinajstić information content (AvgIpc) is 2.86. The fraction of sp³-hybridized carbons (Fsp3) is 0.462. The van der Waals surface area contributed by atoms with Crippen LogP contribution < -0.4 is 16.4 Å². The molecule has 7 heteroatoms. The molecule has 0 saturated carbocycles. The van der Waals surface area contributed by atoms with Crippen LogP contribution in [-0.4, -0.2) is 17.8 Å². The van der Waals surface area contributed by atoms with Gasteiger partial charge in [0.05, 0.1) is 5.56 Å². The van der Waals surface area contributed by atoms with Crippen molar-refractivity contribution in [2.45, 2.75) is 33.1 Å². The minimum atomic E-state index is -0.894. The number of amides is 4. The highest BCUT2D eigenvalue weighted by molar-refractivity contribution is 7.17. The molecule has 0 unspecified atom stereocenters. The maximum atomic E-state index is 12.1. The molecule has 1 aromatic heterocycles. The van der Waals surface area contributed by atoms with Crippen molar-refractivity contribution in [3.05, 3.63) is 16.0 Å². The standard InChI is InChI=1S/C13H17N3O3S/c1-6(2)10(17)15-12-9(11(18)16-13(14)19)7-4-3-5-8(7)20-12/h6H,3-5H2,1-2H3,(H,15,17)(H3,14,16,18,19). The van der Waals surface area contributed by atoms with E-state index in [4.69, 9.17) is 5.73 Å². The van der Waals surface area contributed by atoms with Gasteiger partial charge in [0.1, 0.15) is 5.00 Å². The lowest BCUT2D eigenvalue weighted by Crippen LogP contribution is -2.35.